The summed E-state index contributed by atoms with van der Waals surface area (Å²) in [5.41, 5.74) is 0.142. The number of benzene rings is 1. The van der Waals surface area contributed by atoms with Crippen molar-refractivity contribution in [3.63, 3.8) is 0 Å². The fourth-order valence-electron chi connectivity index (χ4n) is 1.37. The largest absolute Gasteiger partial charge is 0.375 e. The van der Waals surface area contributed by atoms with E-state index in [1.165, 1.54) is 0 Å². The second-order valence-corrected chi connectivity index (χ2v) is 3.43. The Kier molecular flexibility index (Phi) is 2.85. The maximum absolute atomic E-state index is 13.2. The van der Waals surface area contributed by atoms with Gasteiger partial charge in [-0.25, -0.2) is 13.8 Å². The minimum absolute atomic E-state index is 0.142. The summed E-state index contributed by atoms with van der Waals surface area (Å²) in [7, 11) is 1.84. The predicted octanol–water partition coefficient (Wildman–Crippen LogP) is 2.31. The molecule has 1 aromatic heterocycles. The normalized spacial score (nSPS) is 10.4. The van der Waals surface area contributed by atoms with Gasteiger partial charge in [0.1, 0.15) is 17.5 Å². The third kappa shape index (κ3) is 2.18. The van der Waals surface area contributed by atoms with Crippen molar-refractivity contribution >= 4 is 5.69 Å². The van der Waals surface area contributed by atoms with Crippen molar-refractivity contribution in [2.24, 2.45) is 7.05 Å². The highest BCUT2D eigenvalue weighted by Gasteiger charge is 2.04. The van der Waals surface area contributed by atoms with Crippen molar-refractivity contribution in [1.29, 1.82) is 0 Å². The molecule has 0 amide bonds. The molecule has 1 aromatic carbocycles. The molecule has 0 spiro atoms. The van der Waals surface area contributed by atoms with Crippen LogP contribution < -0.4 is 5.32 Å². The number of aryl methyl sites for hydroxylation is 1. The smallest absolute Gasteiger partial charge is 0.146 e. The van der Waals surface area contributed by atoms with Gasteiger partial charge in [-0.2, -0.15) is 0 Å². The molecule has 0 aliphatic rings. The molecule has 0 aliphatic carbocycles. The molecule has 0 atom stereocenters. The zero-order valence-electron chi connectivity index (χ0n) is 8.74. The van der Waals surface area contributed by atoms with Crippen molar-refractivity contribution < 1.29 is 8.78 Å². The van der Waals surface area contributed by atoms with Gasteiger partial charge in [0.2, 0.25) is 0 Å². The fourth-order valence-corrected chi connectivity index (χ4v) is 1.37. The molecule has 0 saturated carbocycles. The Hall–Kier alpha value is -1.91. The third-order valence-corrected chi connectivity index (χ3v) is 2.29. The number of aromatic nitrogens is 2. The highest BCUT2D eigenvalue weighted by molar-refractivity contribution is 5.44. The predicted molar refractivity (Wildman–Crippen MR) is 56.9 cm³/mol. The van der Waals surface area contributed by atoms with Crippen molar-refractivity contribution in [3.05, 3.63) is 48.1 Å². The van der Waals surface area contributed by atoms with Crippen molar-refractivity contribution in [2.75, 3.05) is 5.32 Å². The van der Waals surface area contributed by atoms with Gasteiger partial charge >= 0.3 is 0 Å². The van der Waals surface area contributed by atoms with E-state index in [2.05, 4.69) is 10.3 Å². The molecule has 0 saturated heterocycles. The zero-order chi connectivity index (χ0) is 11.5. The summed E-state index contributed by atoms with van der Waals surface area (Å²) in [4.78, 5) is 4.07. The first-order chi connectivity index (χ1) is 7.66. The highest BCUT2D eigenvalue weighted by Crippen LogP contribution is 2.15. The molecule has 5 heteroatoms. The molecule has 2 rings (SSSR count). The number of imidazole rings is 1. The monoisotopic (exact) mass is 223 g/mol. The van der Waals surface area contributed by atoms with Gasteiger partial charge in [0, 0.05) is 19.4 Å². The summed E-state index contributed by atoms with van der Waals surface area (Å²) in [5, 5.41) is 2.80. The maximum atomic E-state index is 13.2. The highest BCUT2D eigenvalue weighted by atomic mass is 19.1. The number of hydrogen-bond acceptors (Lipinski definition) is 2. The lowest BCUT2D eigenvalue weighted by Crippen LogP contribution is -2.06. The van der Waals surface area contributed by atoms with Crippen molar-refractivity contribution in [3.8, 4) is 0 Å². The molecule has 3 nitrogen and oxygen atoms in total. The van der Waals surface area contributed by atoms with Crippen LogP contribution in [0.1, 0.15) is 5.82 Å². The molecular formula is C11H11F2N3. The van der Waals surface area contributed by atoms with Gasteiger partial charge in [-0.3, -0.25) is 0 Å². The Bertz CT molecular complexity index is 494. The average Bonchev–Trinajstić information content (AvgIpc) is 2.66. The van der Waals surface area contributed by atoms with Crippen LogP contribution in [0.5, 0.6) is 0 Å². The Morgan fingerprint density at radius 3 is 2.88 bits per heavy atom. The standard InChI is InChI=1S/C11H11F2N3/c1-16-5-4-14-11(16)7-15-10-6-8(12)2-3-9(10)13/h2-6,15H,7H2,1H3. The number of rotatable bonds is 3. The number of hydrogen-bond donors (Lipinski definition) is 1. The molecule has 84 valence electrons. The van der Waals surface area contributed by atoms with E-state index >= 15 is 0 Å². The minimum atomic E-state index is -0.476. The number of halogens is 2. The van der Waals surface area contributed by atoms with Crippen LogP contribution in [-0.2, 0) is 13.6 Å². The summed E-state index contributed by atoms with van der Waals surface area (Å²) < 4.78 is 27.9. The molecule has 2 aromatic rings. The lowest BCUT2D eigenvalue weighted by molar-refractivity contribution is 0.602. The van der Waals surface area contributed by atoms with Gasteiger partial charge in [0.05, 0.1) is 12.2 Å². The lowest BCUT2D eigenvalue weighted by atomic mass is 10.3. The van der Waals surface area contributed by atoms with Crippen LogP contribution in [0.15, 0.2) is 30.6 Å². The molecule has 1 heterocycles. The van der Waals surface area contributed by atoms with Gasteiger partial charge < -0.3 is 9.88 Å². The number of anilines is 1. The fraction of sp³-hybridized carbons (Fsp3) is 0.182. The minimum Gasteiger partial charge on any atom is -0.375 e. The van der Waals surface area contributed by atoms with E-state index in [4.69, 9.17) is 0 Å². The van der Waals surface area contributed by atoms with Crippen LogP contribution >= 0.6 is 0 Å². The van der Waals surface area contributed by atoms with Crippen LogP contribution in [0.4, 0.5) is 14.5 Å². The Morgan fingerprint density at radius 1 is 1.38 bits per heavy atom. The molecule has 0 bridgehead atoms. The van der Waals surface area contributed by atoms with E-state index in [0.29, 0.717) is 6.54 Å². The van der Waals surface area contributed by atoms with E-state index in [0.717, 1.165) is 24.0 Å². The lowest BCUT2D eigenvalue weighted by Gasteiger charge is -2.07. The van der Waals surface area contributed by atoms with Crippen LogP contribution in [-0.4, -0.2) is 9.55 Å². The number of nitrogens with one attached hydrogen (secondary N) is 1. The Morgan fingerprint density at radius 2 is 2.19 bits per heavy atom. The van der Waals surface area contributed by atoms with Crippen molar-refractivity contribution in [1.82, 2.24) is 9.55 Å². The molecule has 1 N–H and O–H groups in total. The zero-order valence-corrected chi connectivity index (χ0v) is 8.74. The van der Waals surface area contributed by atoms with Gasteiger partial charge in [0.25, 0.3) is 0 Å². The molecule has 0 aliphatic heterocycles. The third-order valence-electron chi connectivity index (χ3n) is 2.29. The summed E-state index contributed by atoms with van der Waals surface area (Å²) in [6.45, 7) is 0.351. The van der Waals surface area contributed by atoms with Gasteiger partial charge in [-0.15, -0.1) is 0 Å². The van der Waals surface area contributed by atoms with Crippen LogP contribution in [0, 0.1) is 11.6 Å². The van der Waals surface area contributed by atoms with Crippen LogP contribution in [0.3, 0.4) is 0 Å². The first kappa shape index (κ1) is 10.6. The van der Waals surface area contributed by atoms with E-state index in [9.17, 15) is 8.78 Å². The Labute approximate surface area is 91.7 Å². The van der Waals surface area contributed by atoms with Gasteiger partial charge in [0.15, 0.2) is 0 Å². The van der Waals surface area contributed by atoms with Gasteiger partial charge in [-0.05, 0) is 18.2 Å². The quantitative estimate of drug-likeness (QED) is 0.865. The Balaban J connectivity index is 2.10. The first-order valence-electron chi connectivity index (χ1n) is 4.82. The molecule has 16 heavy (non-hydrogen) atoms. The molecule has 0 fully saturated rings. The topological polar surface area (TPSA) is 29.9 Å². The molecule has 0 unspecified atom stereocenters. The van der Waals surface area contributed by atoms with Crippen LogP contribution in [0.2, 0.25) is 0 Å². The second kappa shape index (κ2) is 4.30. The summed E-state index contributed by atoms with van der Waals surface area (Å²) in [6, 6.07) is 3.30. The van der Waals surface area contributed by atoms with E-state index in [1.54, 1.807) is 12.4 Å². The SMILES string of the molecule is Cn1ccnc1CNc1cc(F)ccc1F. The first-order valence-corrected chi connectivity index (χ1v) is 4.82. The van der Waals surface area contributed by atoms with Gasteiger partial charge in [-0.1, -0.05) is 0 Å². The second-order valence-electron chi connectivity index (χ2n) is 3.43. The van der Waals surface area contributed by atoms with E-state index in [1.807, 2.05) is 11.6 Å². The van der Waals surface area contributed by atoms with E-state index in [-0.39, 0.29) is 5.69 Å². The molecular weight excluding hydrogens is 212 g/mol. The average molecular weight is 223 g/mol. The van der Waals surface area contributed by atoms with E-state index < -0.39 is 11.6 Å². The number of nitrogens with zero attached hydrogens (tertiary/aromatic N) is 2. The molecule has 0 radical (unpaired) electrons. The van der Waals surface area contributed by atoms with Crippen molar-refractivity contribution in [2.45, 2.75) is 6.54 Å². The summed E-state index contributed by atoms with van der Waals surface area (Å²) in [5.74, 6) is -0.192. The maximum Gasteiger partial charge on any atom is 0.146 e. The van der Waals surface area contributed by atoms with Crippen LogP contribution in [0.25, 0.3) is 0 Å². The summed E-state index contributed by atoms with van der Waals surface area (Å²) >= 11 is 0. The summed E-state index contributed by atoms with van der Waals surface area (Å²) in [6.07, 6.45) is 3.44.